The van der Waals surface area contributed by atoms with Crippen molar-refractivity contribution >= 4 is 0 Å². The molecule has 2 heterocycles. The maximum absolute atomic E-state index is 13.0. The largest absolute Gasteiger partial charge is 0.392 e. The van der Waals surface area contributed by atoms with Gasteiger partial charge in [-0.25, -0.2) is 9.07 Å². The molecule has 1 unspecified atom stereocenters. The van der Waals surface area contributed by atoms with Gasteiger partial charge in [-0.3, -0.25) is 0 Å². The van der Waals surface area contributed by atoms with E-state index >= 15 is 0 Å². The predicted octanol–water partition coefficient (Wildman–Crippen LogP) is 2.19. The van der Waals surface area contributed by atoms with Crippen LogP contribution in [0.15, 0.2) is 36.7 Å². The lowest BCUT2D eigenvalue weighted by molar-refractivity contribution is 0.0998. The Kier molecular flexibility index (Phi) is 6.18. The monoisotopic (exact) mass is 346 g/mol. The van der Waals surface area contributed by atoms with Crippen molar-refractivity contribution in [3.05, 3.63) is 48.0 Å². The fraction of sp³-hybridized carbons (Fsp3) is 0.526. The van der Waals surface area contributed by atoms with Crippen molar-refractivity contribution in [2.45, 2.75) is 32.4 Å². The number of hydrogen-bond donors (Lipinski definition) is 2. The molecule has 2 aromatic rings. The van der Waals surface area contributed by atoms with Crippen LogP contribution in [0.2, 0.25) is 0 Å². The number of likely N-dealkylation sites (tertiary alicyclic amines) is 1. The molecule has 1 aromatic carbocycles. The average Bonchev–Trinajstić information content (AvgIpc) is 3.05. The lowest BCUT2D eigenvalue weighted by Crippen LogP contribution is -2.40. The predicted molar refractivity (Wildman–Crippen MR) is 96.1 cm³/mol. The number of benzene rings is 1. The number of β-amino-alcohol motifs (C(OH)–C–C–N with tert-alkyl or cyclic N) is 1. The zero-order chi connectivity index (χ0) is 17.6. The minimum absolute atomic E-state index is 0.239. The summed E-state index contributed by atoms with van der Waals surface area (Å²) in [6, 6.07) is 6.33. The molecule has 1 fully saturated rings. The summed E-state index contributed by atoms with van der Waals surface area (Å²) in [7, 11) is 0. The highest BCUT2D eigenvalue weighted by molar-refractivity contribution is 5.31. The topological polar surface area (TPSA) is 53.3 Å². The molecule has 0 amide bonds. The molecule has 25 heavy (non-hydrogen) atoms. The summed E-state index contributed by atoms with van der Waals surface area (Å²) >= 11 is 0. The van der Waals surface area contributed by atoms with Crippen LogP contribution < -0.4 is 5.32 Å². The Balaban J connectivity index is 1.41. The van der Waals surface area contributed by atoms with Crippen molar-refractivity contribution in [2.75, 3.05) is 26.2 Å². The first kappa shape index (κ1) is 18.0. The maximum atomic E-state index is 13.0. The first-order valence-electron chi connectivity index (χ1n) is 9.01. The number of nitrogens with one attached hydrogen (secondary N) is 1. The SMILES string of the molecule is CC(O)CN1CCC(CNCc2cnn(-c3ccc(F)cc3)c2)CC1. The van der Waals surface area contributed by atoms with E-state index in [0.29, 0.717) is 5.92 Å². The third kappa shape index (κ3) is 5.36. The van der Waals surface area contributed by atoms with Crippen molar-refractivity contribution in [1.29, 1.82) is 0 Å². The summed E-state index contributed by atoms with van der Waals surface area (Å²) in [5, 5.41) is 17.3. The zero-order valence-electron chi connectivity index (χ0n) is 14.7. The second kappa shape index (κ2) is 8.56. The van der Waals surface area contributed by atoms with Crippen LogP contribution in [-0.4, -0.2) is 52.1 Å². The molecule has 0 radical (unpaired) electrons. The van der Waals surface area contributed by atoms with Crippen LogP contribution in [0.5, 0.6) is 0 Å². The van der Waals surface area contributed by atoms with Gasteiger partial charge >= 0.3 is 0 Å². The van der Waals surface area contributed by atoms with Crippen LogP contribution in [0.25, 0.3) is 5.69 Å². The number of piperidine rings is 1. The van der Waals surface area contributed by atoms with Crippen molar-refractivity contribution in [3.63, 3.8) is 0 Å². The number of rotatable bonds is 7. The lowest BCUT2D eigenvalue weighted by atomic mass is 9.96. The molecule has 1 aliphatic rings. The molecule has 1 aromatic heterocycles. The molecule has 5 nitrogen and oxygen atoms in total. The van der Waals surface area contributed by atoms with Crippen LogP contribution in [-0.2, 0) is 6.54 Å². The Hall–Kier alpha value is -1.76. The van der Waals surface area contributed by atoms with Gasteiger partial charge in [-0.15, -0.1) is 0 Å². The number of nitrogens with zero attached hydrogens (tertiary/aromatic N) is 3. The highest BCUT2D eigenvalue weighted by Crippen LogP contribution is 2.17. The number of aromatic nitrogens is 2. The molecule has 0 bridgehead atoms. The number of aliphatic hydroxyl groups is 1. The number of aliphatic hydroxyl groups excluding tert-OH is 1. The molecule has 0 spiro atoms. The van der Waals surface area contributed by atoms with Gasteiger partial charge in [-0.05, 0) is 69.6 Å². The second-order valence-electron chi connectivity index (χ2n) is 6.99. The van der Waals surface area contributed by atoms with Gasteiger partial charge in [-0.2, -0.15) is 5.10 Å². The summed E-state index contributed by atoms with van der Waals surface area (Å²) in [6.07, 6.45) is 5.93. The molecule has 1 aliphatic heterocycles. The second-order valence-corrected chi connectivity index (χ2v) is 6.99. The quantitative estimate of drug-likeness (QED) is 0.807. The van der Waals surface area contributed by atoms with Crippen molar-refractivity contribution in [2.24, 2.45) is 5.92 Å². The molecule has 1 atom stereocenters. The van der Waals surface area contributed by atoms with Crippen LogP contribution in [0, 0.1) is 11.7 Å². The number of hydrogen-bond acceptors (Lipinski definition) is 4. The maximum Gasteiger partial charge on any atom is 0.123 e. The van der Waals surface area contributed by atoms with E-state index in [1.54, 1.807) is 16.8 Å². The lowest BCUT2D eigenvalue weighted by Gasteiger charge is -2.32. The van der Waals surface area contributed by atoms with Gasteiger partial charge in [0.15, 0.2) is 0 Å². The Morgan fingerprint density at radius 1 is 1.28 bits per heavy atom. The molecular formula is C19H27FN4O. The Bertz CT molecular complexity index is 648. The minimum Gasteiger partial charge on any atom is -0.392 e. The van der Waals surface area contributed by atoms with E-state index in [4.69, 9.17) is 0 Å². The van der Waals surface area contributed by atoms with Gasteiger partial charge in [-0.1, -0.05) is 0 Å². The standard InChI is InChI=1S/C19H27FN4O/c1-15(25)13-23-8-6-16(7-9-23)10-21-11-17-12-22-24(14-17)19-4-2-18(20)3-5-19/h2-5,12,14-16,21,25H,6-11,13H2,1H3. The van der Waals surface area contributed by atoms with Crippen molar-refractivity contribution in [3.8, 4) is 5.69 Å². The van der Waals surface area contributed by atoms with Crippen LogP contribution in [0.4, 0.5) is 4.39 Å². The first-order valence-corrected chi connectivity index (χ1v) is 9.01. The fourth-order valence-electron chi connectivity index (χ4n) is 3.35. The van der Waals surface area contributed by atoms with E-state index < -0.39 is 0 Å². The molecule has 136 valence electrons. The number of halogens is 1. The van der Waals surface area contributed by atoms with Crippen LogP contribution in [0.3, 0.4) is 0 Å². The molecule has 3 rings (SSSR count). The summed E-state index contributed by atoms with van der Waals surface area (Å²) in [4.78, 5) is 2.34. The summed E-state index contributed by atoms with van der Waals surface area (Å²) < 4.78 is 14.8. The Labute approximate surface area is 148 Å². The third-order valence-electron chi connectivity index (χ3n) is 4.72. The Morgan fingerprint density at radius 2 is 2.00 bits per heavy atom. The van der Waals surface area contributed by atoms with Crippen molar-refractivity contribution in [1.82, 2.24) is 20.0 Å². The summed E-state index contributed by atoms with van der Waals surface area (Å²) in [6.45, 7) is 6.56. The van der Waals surface area contributed by atoms with Gasteiger partial charge in [0, 0.05) is 24.8 Å². The van der Waals surface area contributed by atoms with Gasteiger partial charge < -0.3 is 15.3 Å². The molecular weight excluding hydrogens is 319 g/mol. The average molecular weight is 346 g/mol. The van der Waals surface area contributed by atoms with E-state index in [1.165, 1.54) is 25.0 Å². The van der Waals surface area contributed by atoms with Crippen LogP contribution in [0.1, 0.15) is 25.3 Å². The Morgan fingerprint density at radius 3 is 2.68 bits per heavy atom. The molecule has 1 saturated heterocycles. The van der Waals surface area contributed by atoms with Crippen LogP contribution >= 0.6 is 0 Å². The van der Waals surface area contributed by atoms with Gasteiger partial charge in [0.1, 0.15) is 5.82 Å². The van der Waals surface area contributed by atoms with Gasteiger partial charge in [0.05, 0.1) is 18.0 Å². The first-order chi connectivity index (χ1) is 12.1. The van der Waals surface area contributed by atoms with E-state index in [-0.39, 0.29) is 11.9 Å². The van der Waals surface area contributed by atoms with E-state index in [9.17, 15) is 9.50 Å². The molecule has 0 aliphatic carbocycles. The third-order valence-corrected chi connectivity index (χ3v) is 4.72. The van der Waals surface area contributed by atoms with Gasteiger partial charge in [0.2, 0.25) is 0 Å². The van der Waals surface area contributed by atoms with Crippen molar-refractivity contribution < 1.29 is 9.50 Å². The molecule has 6 heteroatoms. The highest BCUT2D eigenvalue weighted by atomic mass is 19.1. The molecule has 2 N–H and O–H groups in total. The minimum atomic E-state index is -0.243. The molecule has 0 saturated carbocycles. The van der Waals surface area contributed by atoms with E-state index in [1.807, 2.05) is 19.3 Å². The smallest absolute Gasteiger partial charge is 0.123 e. The fourth-order valence-corrected chi connectivity index (χ4v) is 3.35. The summed E-state index contributed by atoms with van der Waals surface area (Å²) in [5.74, 6) is 0.453. The zero-order valence-corrected chi connectivity index (χ0v) is 14.7. The van der Waals surface area contributed by atoms with Gasteiger partial charge in [0.25, 0.3) is 0 Å². The van der Waals surface area contributed by atoms with E-state index in [2.05, 4.69) is 15.3 Å². The highest BCUT2D eigenvalue weighted by Gasteiger charge is 2.19. The van der Waals surface area contributed by atoms with E-state index in [0.717, 1.165) is 44.0 Å². The normalized spacial score (nSPS) is 17.7. The summed E-state index contributed by atoms with van der Waals surface area (Å²) in [5.41, 5.74) is 1.98.